The first kappa shape index (κ1) is 16.7. The zero-order valence-electron chi connectivity index (χ0n) is 14.3. The SMILES string of the molecule is CCc1cccc(CC)c1-c1nc(NNc2ccccc2)nc(=O)[nH]1. The van der Waals surface area contributed by atoms with Crippen molar-refractivity contribution in [2.45, 2.75) is 26.7 Å². The van der Waals surface area contributed by atoms with Gasteiger partial charge < -0.3 is 0 Å². The van der Waals surface area contributed by atoms with Gasteiger partial charge in [0.15, 0.2) is 0 Å². The number of H-pyrrole nitrogens is 1. The van der Waals surface area contributed by atoms with E-state index in [-0.39, 0.29) is 5.95 Å². The van der Waals surface area contributed by atoms with Gasteiger partial charge in [-0.25, -0.2) is 4.79 Å². The Labute approximate surface area is 146 Å². The van der Waals surface area contributed by atoms with Crippen molar-refractivity contribution in [1.29, 1.82) is 0 Å². The van der Waals surface area contributed by atoms with Crippen LogP contribution < -0.4 is 16.5 Å². The van der Waals surface area contributed by atoms with E-state index in [1.165, 1.54) is 0 Å². The number of hydrogen-bond acceptors (Lipinski definition) is 5. The monoisotopic (exact) mass is 335 g/mol. The standard InChI is InChI=1S/C19H21N5O/c1-3-13-9-8-10-14(4-2)16(13)17-20-18(22-19(25)21-17)24-23-15-11-6-5-7-12-15/h5-12,23H,3-4H2,1-2H3,(H2,20,21,22,24,25). The summed E-state index contributed by atoms with van der Waals surface area (Å²) in [5.74, 6) is 0.766. The number of rotatable bonds is 6. The Hall–Kier alpha value is -3.15. The summed E-state index contributed by atoms with van der Waals surface area (Å²) in [4.78, 5) is 23.2. The Morgan fingerprint density at radius 1 is 0.880 bits per heavy atom. The minimum Gasteiger partial charge on any atom is -0.298 e. The molecule has 0 aliphatic heterocycles. The van der Waals surface area contributed by atoms with Crippen LogP contribution in [0.1, 0.15) is 25.0 Å². The highest BCUT2D eigenvalue weighted by Gasteiger charge is 2.13. The van der Waals surface area contributed by atoms with Crippen LogP contribution in [0, 0.1) is 0 Å². The van der Waals surface area contributed by atoms with Gasteiger partial charge in [-0.15, -0.1) is 0 Å². The fourth-order valence-corrected chi connectivity index (χ4v) is 2.75. The summed E-state index contributed by atoms with van der Waals surface area (Å²) in [5, 5.41) is 0. The van der Waals surface area contributed by atoms with E-state index in [1.54, 1.807) is 0 Å². The molecule has 1 heterocycles. The summed E-state index contributed by atoms with van der Waals surface area (Å²) in [7, 11) is 0. The fraction of sp³-hybridized carbons (Fsp3) is 0.211. The van der Waals surface area contributed by atoms with E-state index in [0.29, 0.717) is 5.82 Å². The molecular formula is C19H21N5O. The predicted molar refractivity (Wildman–Crippen MR) is 101 cm³/mol. The molecule has 0 atom stereocenters. The molecule has 0 aliphatic carbocycles. The number of nitrogens with zero attached hydrogens (tertiary/aromatic N) is 2. The summed E-state index contributed by atoms with van der Waals surface area (Å²) < 4.78 is 0. The third-order valence-corrected chi connectivity index (χ3v) is 3.98. The van der Waals surface area contributed by atoms with Crippen molar-refractivity contribution in [3.8, 4) is 11.4 Å². The molecule has 0 saturated carbocycles. The molecule has 0 radical (unpaired) electrons. The second-order valence-corrected chi connectivity index (χ2v) is 5.60. The number of aromatic amines is 1. The van der Waals surface area contributed by atoms with Gasteiger partial charge in [-0.05, 0) is 36.1 Å². The number of para-hydroxylation sites is 1. The molecule has 6 nitrogen and oxygen atoms in total. The molecule has 3 N–H and O–H groups in total. The van der Waals surface area contributed by atoms with Crippen LogP contribution in [0.2, 0.25) is 0 Å². The second-order valence-electron chi connectivity index (χ2n) is 5.60. The number of aryl methyl sites for hydroxylation is 2. The first-order chi connectivity index (χ1) is 12.2. The zero-order valence-corrected chi connectivity index (χ0v) is 14.3. The number of benzene rings is 2. The second kappa shape index (κ2) is 7.61. The maximum atomic E-state index is 12.0. The van der Waals surface area contributed by atoms with Gasteiger partial charge in [-0.2, -0.15) is 9.97 Å². The van der Waals surface area contributed by atoms with Crippen molar-refractivity contribution in [2.24, 2.45) is 0 Å². The molecule has 3 rings (SSSR count). The molecule has 0 saturated heterocycles. The van der Waals surface area contributed by atoms with Crippen molar-refractivity contribution in [3.63, 3.8) is 0 Å². The van der Waals surface area contributed by atoms with Crippen molar-refractivity contribution >= 4 is 11.6 Å². The molecule has 6 heteroatoms. The highest BCUT2D eigenvalue weighted by Crippen LogP contribution is 2.25. The number of hydrogen-bond donors (Lipinski definition) is 3. The molecule has 128 valence electrons. The van der Waals surface area contributed by atoms with Crippen LogP contribution in [0.15, 0.2) is 53.3 Å². The first-order valence-corrected chi connectivity index (χ1v) is 8.37. The topological polar surface area (TPSA) is 82.7 Å². The first-order valence-electron chi connectivity index (χ1n) is 8.37. The van der Waals surface area contributed by atoms with Gasteiger partial charge in [0.05, 0.1) is 5.69 Å². The van der Waals surface area contributed by atoms with E-state index < -0.39 is 5.69 Å². The predicted octanol–water partition coefficient (Wildman–Crippen LogP) is 3.40. The molecule has 3 aromatic rings. The van der Waals surface area contributed by atoms with Crippen LogP contribution >= 0.6 is 0 Å². The van der Waals surface area contributed by atoms with E-state index in [2.05, 4.69) is 51.8 Å². The Kier molecular flexibility index (Phi) is 5.09. The summed E-state index contributed by atoms with van der Waals surface area (Å²) in [5.41, 5.74) is 9.59. The number of aromatic nitrogens is 3. The molecule has 0 amide bonds. The van der Waals surface area contributed by atoms with Crippen LogP contribution in [0.4, 0.5) is 11.6 Å². The molecule has 0 unspecified atom stereocenters. The summed E-state index contributed by atoms with van der Waals surface area (Å²) in [6, 6.07) is 15.7. The number of nitrogens with one attached hydrogen (secondary N) is 3. The number of hydrazine groups is 1. The Bertz CT molecular complexity index is 883. The lowest BCUT2D eigenvalue weighted by atomic mass is 9.97. The van der Waals surface area contributed by atoms with Gasteiger partial charge in [-0.1, -0.05) is 50.2 Å². The maximum absolute atomic E-state index is 12.0. The van der Waals surface area contributed by atoms with Gasteiger partial charge in [-0.3, -0.25) is 15.8 Å². The molecule has 1 aromatic heterocycles. The quantitative estimate of drug-likeness (QED) is 0.601. The Morgan fingerprint density at radius 3 is 2.20 bits per heavy atom. The van der Waals surface area contributed by atoms with Crippen LogP contribution in [-0.4, -0.2) is 15.0 Å². The minimum atomic E-state index is -0.435. The van der Waals surface area contributed by atoms with Gasteiger partial charge in [0.1, 0.15) is 5.82 Å². The Morgan fingerprint density at radius 2 is 1.56 bits per heavy atom. The van der Waals surface area contributed by atoms with Crippen molar-refractivity contribution in [1.82, 2.24) is 15.0 Å². The Balaban J connectivity index is 1.96. The third-order valence-electron chi connectivity index (χ3n) is 3.98. The summed E-state index contributed by atoms with van der Waals surface area (Å²) >= 11 is 0. The lowest BCUT2D eigenvalue weighted by molar-refractivity contribution is 0.978. The van der Waals surface area contributed by atoms with Gasteiger partial charge in [0.25, 0.3) is 0 Å². The highest BCUT2D eigenvalue weighted by molar-refractivity contribution is 5.66. The van der Waals surface area contributed by atoms with Gasteiger partial charge in [0.2, 0.25) is 5.95 Å². The van der Waals surface area contributed by atoms with Gasteiger partial charge >= 0.3 is 5.69 Å². The number of anilines is 2. The molecule has 0 fully saturated rings. The summed E-state index contributed by atoms with van der Waals surface area (Å²) in [6.45, 7) is 4.18. The molecule has 0 bridgehead atoms. The highest BCUT2D eigenvalue weighted by atomic mass is 16.1. The van der Waals surface area contributed by atoms with E-state index in [4.69, 9.17) is 0 Å². The smallest absolute Gasteiger partial charge is 0.298 e. The van der Waals surface area contributed by atoms with Crippen LogP contribution in [0.3, 0.4) is 0 Å². The van der Waals surface area contributed by atoms with Crippen LogP contribution in [-0.2, 0) is 12.8 Å². The average Bonchev–Trinajstić information content (AvgIpc) is 2.66. The van der Waals surface area contributed by atoms with E-state index in [1.807, 2.05) is 36.4 Å². The lowest BCUT2D eigenvalue weighted by Crippen LogP contribution is -2.20. The van der Waals surface area contributed by atoms with E-state index in [0.717, 1.165) is 35.2 Å². The van der Waals surface area contributed by atoms with E-state index in [9.17, 15) is 4.79 Å². The fourth-order valence-electron chi connectivity index (χ4n) is 2.75. The van der Waals surface area contributed by atoms with Gasteiger partial charge in [0, 0.05) is 5.56 Å². The van der Waals surface area contributed by atoms with Crippen LogP contribution in [0.5, 0.6) is 0 Å². The largest absolute Gasteiger partial charge is 0.349 e. The maximum Gasteiger partial charge on any atom is 0.349 e. The molecule has 2 aromatic carbocycles. The zero-order chi connectivity index (χ0) is 17.6. The van der Waals surface area contributed by atoms with Crippen molar-refractivity contribution < 1.29 is 0 Å². The third kappa shape index (κ3) is 3.85. The molecular weight excluding hydrogens is 314 g/mol. The minimum absolute atomic E-state index is 0.232. The normalized spacial score (nSPS) is 10.5. The lowest BCUT2D eigenvalue weighted by Gasteiger charge is -2.13. The summed E-state index contributed by atoms with van der Waals surface area (Å²) in [6.07, 6.45) is 1.72. The average molecular weight is 335 g/mol. The molecule has 0 aliphatic rings. The van der Waals surface area contributed by atoms with Crippen molar-refractivity contribution in [3.05, 3.63) is 70.1 Å². The van der Waals surface area contributed by atoms with E-state index >= 15 is 0 Å². The molecule has 0 spiro atoms. The molecule has 25 heavy (non-hydrogen) atoms. The van der Waals surface area contributed by atoms with Crippen LogP contribution in [0.25, 0.3) is 11.4 Å². The van der Waals surface area contributed by atoms with Crippen molar-refractivity contribution in [2.75, 3.05) is 10.9 Å².